The molecule has 0 amide bonds. The lowest BCUT2D eigenvalue weighted by Gasteiger charge is -2.24. The minimum Gasteiger partial charge on any atom is -0.497 e. The molecule has 1 aliphatic rings. The van der Waals surface area contributed by atoms with Crippen LogP contribution in [0, 0.1) is 11.7 Å². The van der Waals surface area contributed by atoms with Crippen molar-refractivity contribution >= 4 is 0 Å². The highest BCUT2D eigenvalue weighted by Gasteiger charge is 2.47. The van der Waals surface area contributed by atoms with Crippen LogP contribution in [0.4, 0.5) is 8.78 Å². The van der Waals surface area contributed by atoms with E-state index < -0.39 is 11.5 Å². The van der Waals surface area contributed by atoms with Gasteiger partial charge in [-0.15, -0.1) is 0 Å². The second-order valence-corrected chi connectivity index (χ2v) is 4.19. The Kier molecular flexibility index (Phi) is 2.84. The average Bonchev–Trinajstić information content (AvgIpc) is 3.12. The van der Waals surface area contributed by atoms with Crippen molar-refractivity contribution in [1.82, 2.24) is 0 Å². The zero-order valence-electron chi connectivity index (χ0n) is 9.17. The van der Waals surface area contributed by atoms with Gasteiger partial charge in [-0.05, 0) is 30.9 Å². The molecule has 1 saturated carbocycles. The van der Waals surface area contributed by atoms with E-state index in [9.17, 15) is 8.78 Å². The maximum Gasteiger partial charge on any atom is 0.153 e. The molecular formula is C12H15F2NO. The first-order valence-electron chi connectivity index (χ1n) is 5.35. The Hall–Kier alpha value is -1.16. The van der Waals surface area contributed by atoms with Gasteiger partial charge in [0.15, 0.2) is 5.67 Å². The normalized spacial score (nSPS) is 19.2. The summed E-state index contributed by atoms with van der Waals surface area (Å²) in [5.74, 6) is -0.337. The van der Waals surface area contributed by atoms with E-state index in [1.165, 1.54) is 19.2 Å². The first-order valence-corrected chi connectivity index (χ1v) is 5.35. The van der Waals surface area contributed by atoms with E-state index in [4.69, 9.17) is 10.5 Å². The van der Waals surface area contributed by atoms with Crippen LogP contribution < -0.4 is 10.5 Å². The van der Waals surface area contributed by atoms with Crippen molar-refractivity contribution < 1.29 is 13.5 Å². The van der Waals surface area contributed by atoms with E-state index >= 15 is 0 Å². The maximum atomic E-state index is 14.5. The fourth-order valence-corrected chi connectivity index (χ4v) is 2.00. The number of methoxy groups -OCH3 is 1. The lowest BCUT2D eigenvalue weighted by Crippen LogP contribution is -2.33. The summed E-state index contributed by atoms with van der Waals surface area (Å²) in [5, 5.41) is 0. The van der Waals surface area contributed by atoms with Crippen LogP contribution in [-0.4, -0.2) is 13.7 Å². The van der Waals surface area contributed by atoms with Gasteiger partial charge >= 0.3 is 0 Å². The van der Waals surface area contributed by atoms with Crippen molar-refractivity contribution in [3.8, 4) is 5.75 Å². The maximum absolute atomic E-state index is 14.5. The second kappa shape index (κ2) is 4.01. The van der Waals surface area contributed by atoms with Crippen molar-refractivity contribution in [3.63, 3.8) is 0 Å². The van der Waals surface area contributed by atoms with Crippen molar-refractivity contribution in [2.24, 2.45) is 11.7 Å². The summed E-state index contributed by atoms with van der Waals surface area (Å²) in [4.78, 5) is 0. The number of ether oxygens (including phenoxy) is 1. The quantitative estimate of drug-likeness (QED) is 0.857. The molecule has 1 fully saturated rings. The van der Waals surface area contributed by atoms with Crippen LogP contribution in [0.2, 0.25) is 0 Å². The molecule has 1 aromatic rings. The number of alkyl halides is 1. The lowest BCUT2D eigenvalue weighted by atomic mass is 9.90. The van der Waals surface area contributed by atoms with E-state index in [-0.39, 0.29) is 18.0 Å². The summed E-state index contributed by atoms with van der Waals surface area (Å²) < 4.78 is 33.1. The molecule has 0 radical (unpaired) electrons. The Morgan fingerprint density at radius 3 is 2.62 bits per heavy atom. The first-order chi connectivity index (χ1) is 7.61. The van der Waals surface area contributed by atoms with Crippen molar-refractivity contribution in [1.29, 1.82) is 0 Å². The Labute approximate surface area is 93.4 Å². The Morgan fingerprint density at radius 2 is 2.19 bits per heavy atom. The van der Waals surface area contributed by atoms with E-state index in [1.54, 1.807) is 6.07 Å². The number of rotatable bonds is 4. The molecule has 1 atom stereocenters. The van der Waals surface area contributed by atoms with Gasteiger partial charge in [0.1, 0.15) is 11.6 Å². The predicted octanol–water partition coefficient (Wildman–Crippen LogP) is 2.37. The molecule has 0 spiro atoms. The van der Waals surface area contributed by atoms with Crippen LogP contribution in [0.3, 0.4) is 0 Å². The minimum absolute atomic E-state index is 0.0540. The molecular weight excluding hydrogens is 212 g/mol. The molecule has 2 nitrogen and oxygen atoms in total. The van der Waals surface area contributed by atoms with E-state index in [0.29, 0.717) is 5.75 Å². The molecule has 0 aromatic heterocycles. The van der Waals surface area contributed by atoms with E-state index in [0.717, 1.165) is 12.8 Å². The zero-order valence-corrected chi connectivity index (χ0v) is 9.17. The Bertz CT molecular complexity index is 393. The summed E-state index contributed by atoms with van der Waals surface area (Å²) in [5.41, 5.74) is 3.77. The monoisotopic (exact) mass is 227 g/mol. The van der Waals surface area contributed by atoms with Crippen LogP contribution in [0.5, 0.6) is 5.75 Å². The molecule has 88 valence electrons. The van der Waals surface area contributed by atoms with Gasteiger partial charge in [-0.25, -0.2) is 8.78 Å². The van der Waals surface area contributed by atoms with E-state index in [1.807, 2.05) is 0 Å². The number of hydrogen-bond donors (Lipinski definition) is 1. The Morgan fingerprint density at radius 1 is 1.50 bits per heavy atom. The fraction of sp³-hybridized carbons (Fsp3) is 0.500. The highest BCUT2D eigenvalue weighted by molar-refractivity contribution is 5.34. The summed E-state index contributed by atoms with van der Waals surface area (Å²) in [6, 6.07) is 4.19. The molecule has 0 aliphatic heterocycles. The third kappa shape index (κ3) is 1.78. The zero-order chi connectivity index (χ0) is 11.8. The highest BCUT2D eigenvalue weighted by atomic mass is 19.1. The van der Waals surface area contributed by atoms with Gasteiger partial charge in [0.05, 0.1) is 7.11 Å². The minimum atomic E-state index is -1.73. The molecule has 1 unspecified atom stereocenters. The second-order valence-electron chi connectivity index (χ2n) is 4.19. The van der Waals surface area contributed by atoms with Gasteiger partial charge in [-0.3, -0.25) is 0 Å². The predicted molar refractivity (Wildman–Crippen MR) is 57.5 cm³/mol. The van der Waals surface area contributed by atoms with Gasteiger partial charge in [-0.2, -0.15) is 0 Å². The fourth-order valence-electron chi connectivity index (χ4n) is 2.00. The van der Waals surface area contributed by atoms with Crippen LogP contribution in [0.1, 0.15) is 18.4 Å². The standard InChI is InChI=1S/C12H15F2NO/c1-16-9-4-5-10(11(13)6-9)12(14,7-15)8-2-3-8/h4-6,8H,2-3,7,15H2,1H3. The number of halogens is 2. The van der Waals surface area contributed by atoms with Gasteiger partial charge in [0, 0.05) is 18.2 Å². The molecule has 1 aliphatic carbocycles. The van der Waals surface area contributed by atoms with E-state index in [2.05, 4.69) is 0 Å². The third-order valence-electron chi connectivity index (χ3n) is 3.15. The van der Waals surface area contributed by atoms with Gasteiger partial charge in [0.25, 0.3) is 0 Å². The molecule has 0 heterocycles. The molecule has 0 saturated heterocycles. The molecule has 16 heavy (non-hydrogen) atoms. The Balaban J connectivity index is 2.38. The van der Waals surface area contributed by atoms with Crippen molar-refractivity contribution in [2.45, 2.75) is 18.5 Å². The molecule has 4 heteroatoms. The highest BCUT2D eigenvalue weighted by Crippen LogP contribution is 2.48. The van der Waals surface area contributed by atoms with Gasteiger partial charge < -0.3 is 10.5 Å². The largest absolute Gasteiger partial charge is 0.497 e. The summed E-state index contributed by atoms with van der Waals surface area (Å²) in [6.07, 6.45) is 1.55. The van der Waals surface area contributed by atoms with Crippen molar-refractivity contribution in [2.75, 3.05) is 13.7 Å². The van der Waals surface area contributed by atoms with Crippen LogP contribution in [-0.2, 0) is 5.67 Å². The summed E-state index contributed by atoms with van der Waals surface area (Å²) in [7, 11) is 1.45. The average molecular weight is 227 g/mol. The van der Waals surface area contributed by atoms with Crippen LogP contribution >= 0.6 is 0 Å². The van der Waals surface area contributed by atoms with Gasteiger partial charge in [-0.1, -0.05) is 0 Å². The first kappa shape index (κ1) is 11.3. The third-order valence-corrected chi connectivity index (χ3v) is 3.15. The number of hydrogen-bond acceptors (Lipinski definition) is 2. The SMILES string of the molecule is COc1ccc(C(F)(CN)C2CC2)c(F)c1. The number of nitrogens with two attached hydrogens (primary N) is 1. The topological polar surface area (TPSA) is 35.2 Å². The summed E-state index contributed by atoms with van der Waals surface area (Å²) in [6.45, 7) is -0.180. The summed E-state index contributed by atoms with van der Waals surface area (Å²) >= 11 is 0. The van der Waals surface area contributed by atoms with Crippen LogP contribution in [0.25, 0.3) is 0 Å². The molecule has 1 aromatic carbocycles. The van der Waals surface area contributed by atoms with Crippen molar-refractivity contribution in [3.05, 3.63) is 29.6 Å². The molecule has 2 N–H and O–H groups in total. The molecule has 2 rings (SSSR count). The van der Waals surface area contributed by atoms with Gasteiger partial charge in [0.2, 0.25) is 0 Å². The lowest BCUT2D eigenvalue weighted by molar-refractivity contribution is 0.137. The smallest absolute Gasteiger partial charge is 0.153 e. The van der Waals surface area contributed by atoms with Crippen LogP contribution in [0.15, 0.2) is 18.2 Å². The molecule has 0 bridgehead atoms. The number of benzene rings is 1.